The molecule has 0 aromatic rings. The van der Waals surface area contributed by atoms with Gasteiger partial charge in [-0.1, -0.05) is 41.5 Å². The Morgan fingerprint density at radius 3 is 1.31 bits per heavy atom. The molecule has 0 N–H and O–H groups in total. The Kier molecular flexibility index (Phi) is 18.8. The molecule has 5 heteroatoms. The molecule has 176 valence electrons. The van der Waals surface area contributed by atoms with Gasteiger partial charge in [-0.3, -0.25) is 0 Å². The maximum atomic E-state index is 6.03. The van der Waals surface area contributed by atoms with Crippen LogP contribution >= 0.6 is 0 Å². The summed E-state index contributed by atoms with van der Waals surface area (Å²) in [6.45, 7) is 24.9. The van der Waals surface area contributed by atoms with E-state index >= 15 is 0 Å². The minimum absolute atomic E-state index is 1.19. The predicted octanol–water partition coefficient (Wildman–Crippen LogP) is 5.55. The van der Waals surface area contributed by atoms with E-state index < -0.39 is 8.32 Å². The molecule has 0 aromatic carbocycles. The van der Waals surface area contributed by atoms with E-state index in [1.54, 1.807) is 0 Å². The zero-order chi connectivity index (χ0) is 22.0. The molecular weight excluding hydrogens is 374 g/mol. The summed E-state index contributed by atoms with van der Waals surface area (Å²) in [5.74, 6) is 0. The van der Waals surface area contributed by atoms with Crippen molar-refractivity contribution in [1.82, 2.24) is 14.7 Å². The average molecular weight is 430 g/mol. The average Bonchev–Trinajstić information content (AvgIpc) is 2.75. The van der Waals surface area contributed by atoms with Crippen LogP contribution in [0.4, 0.5) is 0 Å². The van der Waals surface area contributed by atoms with Gasteiger partial charge in [-0.25, -0.2) is 0 Å². The minimum atomic E-state index is -1.46. The molecule has 0 saturated heterocycles. The van der Waals surface area contributed by atoms with Crippen LogP contribution in [0.25, 0.3) is 0 Å². The summed E-state index contributed by atoms with van der Waals surface area (Å²) in [4.78, 5) is 7.96. The zero-order valence-corrected chi connectivity index (χ0v) is 22.3. The van der Waals surface area contributed by atoms with Crippen LogP contribution in [0.1, 0.15) is 73.6 Å². The number of rotatable bonds is 21. The molecule has 29 heavy (non-hydrogen) atoms. The summed E-state index contributed by atoms with van der Waals surface area (Å²) in [7, 11) is 0.497. The van der Waals surface area contributed by atoms with Crippen LogP contribution in [0.3, 0.4) is 0 Å². The molecule has 0 amide bonds. The van der Waals surface area contributed by atoms with Crippen molar-refractivity contribution in [2.45, 2.75) is 91.8 Å². The maximum absolute atomic E-state index is 6.03. The second-order valence-electron chi connectivity index (χ2n) is 8.62. The van der Waals surface area contributed by atoms with Crippen LogP contribution in [0.15, 0.2) is 0 Å². The van der Waals surface area contributed by atoms with Gasteiger partial charge in [-0.05, 0) is 109 Å². The Morgan fingerprint density at radius 1 is 0.552 bits per heavy atom. The smallest absolute Gasteiger partial charge is 0.191 e. The third-order valence-electron chi connectivity index (χ3n) is 6.70. The molecule has 0 atom stereocenters. The van der Waals surface area contributed by atoms with Crippen LogP contribution in [-0.2, 0) is 4.43 Å². The van der Waals surface area contributed by atoms with E-state index in [2.05, 4.69) is 56.2 Å². The van der Waals surface area contributed by atoms with Gasteiger partial charge in [-0.2, -0.15) is 0 Å². The molecule has 0 rings (SSSR count). The van der Waals surface area contributed by atoms with Gasteiger partial charge in [0.05, 0.1) is 0 Å². The van der Waals surface area contributed by atoms with Crippen molar-refractivity contribution >= 4 is 8.32 Å². The molecule has 0 saturated carbocycles. The molecule has 4 nitrogen and oxygen atoms in total. The number of nitrogens with zero attached hydrogens (tertiary/aromatic N) is 3. The van der Waals surface area contributed by atoms with Gasteiger partial charge in [0.25, 0.3) is 0 Å². The van der Waals surface area contributed by atoms with Crippen LogP contribution in [0.5, 0.6) is 0 Å². The second-order valence-corrected chi connectivity index (χ2v) is 13.3. The number of hydrogen-bond donors (Lipinski definition) is 0. The van der Waals surface area contributed by atoms with Gasteiger partial charge in [-0.15, -0.1) is 0 Å². The first-order valence-corrected chi connectivity index (χ1v) is 15.3. The first-order valence-electron chi connectivity index (χ1n) is 12.8. The van der Waals surface area contributed by atoms with Crippen molar-refractivity contribution in [3.05, 3.63) is 0 Å². The summed E-state index contributed by atoms with van der Waals surface area (Å²) < 4.78 is 6.03. The standard InChI is InChI=1S/C24H55N3OSi/c1-8-17-25(10-3)19-14-21-27(22-15-20-26(11-4)18-9-2)23-16-24-29(12-5,13-6)28-7/h8-24H2,1-7H3. The molecule has 0 heterocycles. The lowest BCUT2D eigenvalue weighted by Gasteiger charge is -2.30. The molecule has 0 spiro atoms. The normalized spacial score (nSPS) is 12.6. The Bertz CT molecular complexity index is 325. The maximum Gasteiger partial charge on any atom is 0.191 e. The van der Waals surface area contributed by atoms with E-state index in [0.29, 0.717) is 0 Å². The zero-order valence-electron chi connectivity index (χ0n) is 21.3. The van der Waals surface area contributed by atoms with E-state index in [0.717, 1.165) is 0 Å². The lowest BCUT2D eigenvalue weighted by Crippen LogP contribution is -2.37. The number of hydrogen-bond acceptors (Lipinski definition) is 4. The summed E-state index contributed by atoms with van der Waals surface area (Å²) in [5.41, 5.74) is 0. The summed E-state index contributed by atoms with van der Waals surface area (Å²) in [6.07, 6.45) is 6.43. The monoisotopic (exact) mass is 429 g/mol. The van der Waals surface area contributed by atoms with Crippen molar-refractivity contribution in [2.24, 2.45) is 0 Å². The summed E-state index contributed by atoms with van der Waals surface area (Å²) in [5, 5.41) is 0. The molecule has 0 unspecified atom stereocenters. The van der Waals surface area contributed by atoms with Crippen LogP contribution in [0, 0.1) is 0 Å². The van der Waals surface area contributed by atoms with Crippen LogP contribution in [-0.4, -0.2) is 89.0 Å². The Labute approximate surface area is 185 Å². The quantitative estimate of drug-likeness (QED) is 0.222. The lowest BCUT2D eigenvalue weighted by atomic mass is 10.2. The molecule has 0 radical (unpaired) electrons. The second kappa shape index (κ2) is 18.8. The predicted molar refractivity (Wildman–Crippen MR) is 134 cm³/mol. The molecule has 0 fully saturated rings. The highest BCUT2D eigenvalue weighted by atomic mass is 28.4. The fourth-order valence-corrected chi connectivity index (χ4v) is 7.27. The Hall–Kier alpha value is 0.0569. The molecule has 0 aliphatic rings. The lowest BCUT2D eigenvalue weighted by molar-refractivity contribution is 0.212. The van der Waals surface area contributed by atoms with Gasteiger partial charge >= 0.3 is 0 Å². The van der Waals surface area contributed by atoms with Crippen LogP contribution in [0.2, 0.25) is 18.1 Å². The fraction of sp³-hybridized carbons (Fsp3) is 1.00. The van der Waals surface area contributed by atoms with Crippen molar-refractivity contribution in [1.29, 1.82) is 0 Å². The van der Waals surface area contributed by atoms with Gasteiger partial charge in [0.15, 0.2) is 8.32 Å². The molecule has 0 aliphatic heterocycles. The summed E-state index contributed by atoms with van der Waals surface area (Å²) >= 11 is 0. The van der Waals surface area contributed by atoms with Gasteiger partial charge in [0, 0.05) is 7.11 Å². The highest BCUT2D eigenvalue weighted by Gasteiger charge is 2.29. The van der Waals surface area contributed by atoms with Crippen molar-refractivity contribution in [3.8, 4) is 0 Å². The fourth-order valence-electron chi connectivity index (χ4n) is 4.48. The van der Waals surface area contributed by atoms with Crippen molar-refractivity contribution < 1.29 is 4.43 Å². The van der Waals surface area contributed by atoms with Crippen molar-refractivity contribution in [2.75, 3.05) is 66.0 Å². The molecule has 0 aliphatic carbocycles. The molecule has 0 bridgehead atoms. The molecule has 0 aromatic heterocycles. The van der Waals surface area contributed by atoms with Crippen molar-refractivity contribution in [3.63, 3.8) is 0 Å². The topological polar surface area (TPSA) is 19.0 Å². The first kappa shape index (κ1) is 29.1. The van der Waals surface area contributed by atoms with Gasteiger partial charge < -0.3 is 19.1 Å². The highest BCUT2D eigenvalue weighted by molar-refractivity contribution is 6.73. The van der Waals surface area contributed by atoms with E-state index in [1.165, 1.54) is 109 Å². The van der Waals surface area contributed by atoms with E-state index in [4.69, 9.17) is 4.43 Å². The van der Waals surface area contributed by atoms with Gasteiger partial charge in [0.1, 0.15) is 0 Å². The van der Waals surface area contributed by atoms with E-state index in [9.17, 15) is 0 Å². The third kappa shape index (κ3) is 13.2. The third-order valence-corrected chi connectivity index (χ3v) is 11.4. The van der Waals surface area contributed by atoms with Gasteiger partial charge in [0.2, 0.25) is 0 Å². The van der Waals surface area contributed by atoms with E-state index in [1.807, 2.05) is 7.11 Å². The first-order chi connectivity index (χ1) is 14.0. The largest absolute Gasteiger partial charge is 0.420 e. The minimum Gasteiger partial charge on any atom is -0.420 e. The highest BCUT2D eigenvalue weighted by Crippen LogP contribution is 2.23. The summed E-state index contributed by atoms with van der Waals surface area (Å²) in [6, 6.07) is 3.83. The Morgan fingerprint density at radius 2 is 0.966 bits per heavy atom. The SMILES string of the molecule is CCCN(CC)CCCN(CCCN(CC)CCC)CCC[Si](CC)(CC)OC. The molecular formula is C24H55N3OSi. The van der Waals surface area contributed by atoms with E-state index in [-0.39, 0.29) is 0 Å². The Balaban J connectivity index is 4.56. The van der Waals surface area contributed by atoms with Crippen LogP contribution < -0.4 is 0 Å².